The normalized spacial score (nSPS) is 20.0. The topological polar surface area (TPSA) is 63.4 Å². The molecule has 1 fully saturated rings. The maximum atomic E-state index is 11.1. The van der Waals surface area contributed by atoms with Crippen molar-refractivity contribution in [2.45, 2.75) is 13.8 Å². The minimum atomic E-state index is -0.256. The number of nitrogens with zero attached hydrogens (tertiary/aromatic N) is 2. The smallest absolute Gasteiger partial charge is 0.272 e. The number of hydrogen-bond donors (Lipinski definition) is 1. The SMILES string of the molecule is CC[N+]1(CC(N)=O)CCN(C(C)=O)CC1. The van der Waals surface area contributed by atoms with Crippen LogP contribution in [0.3, 0.4) is 0 Å². The highest BCUT2D eigenvalue weighted by Crippen LogP contribution is 2.12. The average molecular weight is 214 g/mol. The fraction of sp³-hybridized carbons (Fsp3) is 0.800. The summed E-state index contributed by atoms with van der Waals surface area (Å²) in [5, 5.41) is 0. The molecule has 0 spiro atoms. The molecule has 0 aliphatic carbocycles. The van der Waals surface area contributed by atoms with E-state index >= 15 is 0 Å². The Labute approximate surface area is 90.4 Å². The quantitative estimate of drug-likeness (QED) is 0.623. The lowest BCUT2D eigenvalue weighted by molar-refractivity contribution is -0.922. The first kappa shape index (κ1) is 12.0. The number of amides is 2. The lowest BCUT2D eigenvalue weighted by Gasteiger charge is -2.43. The third-order valence-electron chi connectivity index (χ3n) is 3.30. The third-order valence-corrected chi connectivity index (χ3v) is 3.30. The van der Waals surface area contributed by atoms with Gasteiger partial charge in [0.2, 0.25) is 5.91 Å². The van der Waals surface area contributed by atoms with Gasteiger partial charge in [-0.1, -0.05) is 0 Å². The Hall–Kier alpha value is -1.10. The minimum absolute atomic E-state index is 0.114. The summed E-state index contributed by atoms with van der Waals surface area (Å²) in [4.78, 5) is 23.9. The maximum absolute atomic E-state index is 11.1. The van der Waals surface area contributed by atoms with E-state index < -0.39 is 0 Å². The molecule has 1 heterocycles. The van der Waals surface area contributed by atoms with Gasteiger partial charge in [0.05, 0.1) is 32.7 Å². The molecule has 0 aromatic rings. The predicted molar refractivity (Wildman–Crippen MR) is 56.9 cm³/mol. The molecular formula is C10H20N3O2+. The fourth-order valence-electron chi connectivity index (χ4n) is 2.12. The van der Waals surface area contributed by atoms with Crippen molar-refractivity contribution in [3.05, 3.63) is 0 Å². The number of quaternary nitrogens is 1. The van der Waals surface area contributed by atoms with E-state index in [1.54, 1.807) is 6.92 Å². The molecular weight excluding hydrogens is 194 g/mol. The zero-order valence-corrected chi connectivity index (χ0v) is 9.53. The number of hydrogen-bond acceptors (Lipinski definition) is 2. The first-order valence-corrected chi connectivity index (χ1v) is 5.38. The van der Waals surface area contributed by atoms with E-state index in [0.717, 1.165) is 37.2 Å². The number of rotatable bonds is 3. The monoisotopic (exact) mass is 214 g/mol. The maximum Gasteiger partial charge on any atom is 0.272 e. The molecule has 5 nitrogen and oxygen atoms in total. The molecule has 1 aliphatic rings. The van der Waals surface area contributed by atoms with Gasteiger partial charge in [-0.3, -0.25) is 9.59 Å². The van der Waals surface area contributed by atoms with E-state index in [9.17, 15) is 9.59 Å². The molecule has 86 valence electrons. The van der Waals surface area contributed by atoms with Crippen molar-refractivity contribution in [2.75, 3.05) is 39.3 Å². The van der Waals surface area contributed by atoms with Crippen LogP contribution in [0.15, 0.2) is 0 Å². The molecule has 0 radical (unpaired) electrons. The van der Waals surface area contributed by atoms with Crippen LogP contribution in [-0.2, 0) is 9.59 Å². The third kappa shape index (κ3) is 2.92. The number of piperazine rings is 1. The summed E-state index contributed by atoms with van der Waals surface area (Å²) < 4.78 is 0.721. The molecule has 0 bridgehead atoms. The van der Waals surface area contributed by atoms with Crippen molar-refractivity contribution in [2.24, 2.45) is 5.73 Å². The number of carbonyl (C=O) groups excluding carboxylic acids is 2. The molecule has 0 atom stereocenters. The van der Waals surface area contributed by atoms with Crippen LogP contribution in [0.4, 0.5) is 0 Å². The molecule has 2 amide bonds. The van der Waals surface area contributed by atoms with E-state index in [1.165, 1.54) is 0 Å². The van der Waals surface area contributed by atoms with Crippen LogP contribution in [0.2, 0.25) is 0 Å². The van der Waals surface area contributed by atoms with Gasteiger partial charge < -0.3 is 15.1 Å². The summed E-state index contributed by atoms with van der Waals surface area (Å²) in [5.74, 6) is -0.142. The molecule has 0 saturated carbocycles. The van der Waals surface area contributed by atoms with Crippen LogP contribution in [0.25, 0.3) is 0 Å². The summed E-state index contributed by atoms with van der Waals surface area (Å²) in [6, 6.07) is 0. The Morgan fingerprint density at radius 3 is 2.20 bits per heavy atom. The van der Waals surface area contributed by atoms with Gasteiger partial charge in [-0.2, -0.15) is 0 Å². The lowest BCUT2D eigenvalue weighted by Crippen LogP contribution is -2.62. The highest BCUT2D eigenvalue weighted by atomic mass is 16.2. The molecule has 2 N–H and O–H groups in total. The molecule has 15 heavy (non-hydrogen) atoms. The molecule has 1 rings (SSSR count). The Balaban J connectivity index is 2.58. The molecule has 0 aromatic carbocycles. The fourth-order valence-corrected chi connectivity index (χ4v) is 2.12. The van der Waals surface area contributed by atoms with Crippen LogP contribution in [-0.4, -0.2) is 60.5 Å². The van der Waals surface area contributed by atoms with Crippen molar-refractivity contribution in [3.8, 4) is 0 Å². The van der Waals surface area contributed by atoms with Crippen molar-refractivity contribution >= 4 is 11.8 Å². The van der Waals surface area contributed by atoms with E-state index in [0.29, 0.717) is 6.54 Å². The van der Waals surface area contributed by atoms with Crippen LogP contribution in [0.1, 0.15) is 13.8 Å². The zero-order valence-electron chi connectivity index (χ0n) is 9.53. The summed E-state index contributed by atoms with van der Waals surface area (Å²) in [6.45, 7) is 8.06. The zero-order chi connectivity index (χ0) is 11.5. The second-order valence-corrected chi connectivity index (χ2v) is 4.24. The number of likely N-dealkylation sites (N-methyl/N-ethyl adjacent to an activating group) is 1. The van der Waals surface area contributed by atoms with Crippen molar-refractivity contribution in [3.63, 3.8) is 0 Å². The summed E-state index contributed by atoms with van der Waals surface area (Å²) in [5.41, 5.74) is 5.24. The van der Waals surface area contributed by atoms with Gasteiger partial charge in [0.25, 0.3) is 5.91 Å². The summed E-state index contributed by atoms with van der Waals surface area (Å²) >= 11 is 0. The highest BCUT2D eigenvalue weighted by molar-refractivity contribution is 5.75. The van der Waals surface area contributed by atoms with E-state index in [4.69, 9.17) is 5.73 Å². The standard InChI is InChI=1S/C10H19N3O2/c1-3-13(8-10(11)15)6-4-12(5-7-13)9(2)14/h3-8H2,1-2H3,(H-,11,15)/p+1. The summed E-state index contributed by atoms with van der Waals surface area (Å²) in [6.07, 6.45) is 0. The van der Waals surface area contributed by atoms with Crippen molar-refractivity contribution < 1.29 is 14.1 Å². The second-order valence-electron chi connectivity index (χ2n) is 4.24. The first-order valence-electron chi connectivity index (χ1n) is 5.38. The second kappa shape index (κ2) is 4.61. The van der Waals surface area contributed by atoms with Gasteiger partial charge in [-0.05, 0) is 6.92 Å². The highest BCUT2D eigenvalue weighted by Gasteiger charge is 2.33. The Morgan fingerprint density at radius 2 is 1.87 bits per heavy atom. The Bertz CT molecular complexity index is 257. The van der Waals surface area contributed by atoms with E-state index in [1.807, 2.05) is 4.90 Å². The van der Waals surface area contributed by atoms with Gasteiger partial charge >= 0.3 is 0 Å². The molecule has 0 aromatic heterocycles. The number of nitrogens with two attached hydrogens (primary N) is 1. The van der Waals surface area contributed by atoms with Crippen LogP contribution >= 0.6 is 0 Å². The van der Waals surface area contributed by atoms with Gasteiger partial charge in [-0.15, -0.1) is 0 Å². The van der Waals surface area contributed by atoms with Gasteiger partial charge in [0.15, 0.2) is 6.54 Å². The molecule has 1 saturated heterocycles. The van der Waals surface area contributed by atoms with E-state index in [-0.39, 0.29) is 11.8 Å². The van der Waals surface area contributed by atoms with Crippen LogP contribution in [0.5, 0.6) is 0 Å². The number of primary amides is 1. The van der Waals surface area contributed by atoms with E-state index in [2.05, 4.69) is 6.92 Å². The van der Waals surface area contributed by atoms with Gasteiger partial charge in [-0.25, -0.2) is 0 Å². The van der Waals surface area contributed by atoms with Crippen LogP contribution in [0, 0.1) is 0 Å². The number of carbonyl (C=O) groups is 2. The lowest BCUT2D eigenvalue weighted by atomic mass is 10.2. The van der Waals surface area contributed by atoms with Gasteiger partial charge in [0.1, 0.15) is 0 Å². The molecule has 1 aliphatic heterocycles. The van der Waals surface area contributed by atoms with Gasteiger partial charge in [0, 0.05) is 6.92 Å². The summed E-state index contributed by atoms with van der Waals surface area (Å²) in [7, 11) is 0. The van der Waals surface area contributed by atoms with Crippen molar-refractivity contribution in [1.82, 2.24) is 4.90 Å². The van der Waals surface area contributed by atoms with Crippen molar-refractivity contribution in [1.29, 1.82) is 0 Å². The molecule has 5 heteroatoms. The Morgan fingerprint density at radius 1 is 1.33 bits per heavy atom. The average Bonchev–Trinajstić information content (AvgIpc) is 2.17. The van der Waals surface area contributed by atoms with Crippen LogP contribution < -0.4 is 5.73 Å². The minimum Gasteiger partial charge on any atom is -0.365 e. The largest absolute Gasteiger partial charge is 0.365 e. The first-order chi connectivity index (χ1) is 6.99. The molecule has 0 unspecified atom stereocenters. The Kier molecular flexibility index (Phi) is 3.68. The predicted octanol–water partition coefficient (Wildman–Crippen LogP) is -0.829.